The lowest BCUT2D eigenvalue weighted by Crippen LogP contribution is -1.97. The highest BCUT2D eigenvalue weighted by molar-refractivity contribution is 5.47. The maximum Gasteiger partial charge on any atom is 0.127 e. The summed E-state index contributed by atoms with van der Waals surface area (Å²) in [5, 5.41) is 3.09. The van der Waals surface area contributed by atoms with Gasteiger partial charge in [0.05, 0.1) is 6.54 Å². The van der Waals surface area contributed by atoms with Gasteiger partial charge in [0.25, 0.3) is 0 Å². The number of rotatable bonds is 4. The van der Waals surface area contributed by atoms with E-state index >= 15 is 0 Å². The fraction of sp³-hybridized carbons (Fsp3) is 0.0667. The Hall–Kier alpha value is -2.40. The van der Waals surface area contributed by atoms with E-state index in [1.165, 1.54) is 0 Å². The Morgan fingerprint density at radius 3 is 2.24 bits per heavy atom. The molecule has 0 atom stereocenters. The van der Waals surface area contributed by atoms with Crippen LogP contribution in [0, 0.1) is 12.3 Å². The molecule has 0 spiro atoms. The molecule has 0 heterocycles. The van der Waals surface area contributed by atoms with Crippen molar-refractivity contribution >= 4 is 5.69 Å². The fourth-order valence-electron chi connectivity index (χ4n) is 1.42. The van der Waals surface area contributed by atoms with Crippen molar-refractivity contribution < 1.29 is 4.74 Å². The highest BCUT2D eigenvalue weighted by Gasteiger charge is 1.96. The summed E-state index contributed by atoms with van der Waals surface area (Å²) < 4.78 is 5.67. The lowest BCUT2D eigenvalue weighted by molar-refractivity contribution is 0.483. The lowest BCUT2D eigenvalue weighted by Gasteiger charge is -2.07. The summed E-state index contributed by atoms with van der Waals surface area (Å²) >= 11 is 0. The molecule has 0 aliphatic rings. The van der Waals surface area contributed by atoms with Gasteiger partial charge in [0, 0.05) is 5.69 Å². The highest BCUT2D eigenvalue weighted by Crippen LogP contribution is 2.22. The van der Waals surface area contributed by atoms with Gasteiger partial charge in [0.1, 0.15) is 11.5 Å². The Balaban J connectivity index is 2.01. The van der Waals surface area contributed by atoms with Gasteiger partial charge in [-0.3, -0.25) is 0 Å². The zero-order valence-corrected chi connectivity index (χ0v) is 9.39. The largest absolute Gasteiger partial charge is 0.457 e. The Bertz CT molecular complexity index is 497. The smallest absolute Gasteiger partial charge is 0.127 e. The average Bonchev–Trinajstić information content (AvgIpc) is 2.39. The fourth-order valence-corrected chi connectivity index (χ4v) is 1.42. The van der Waals surface area contributed by atoms with Crippen LogP contribution in [0.15, 0.2) is 54.6 Å². The molecule has 2 heteroatoms. The number of benzene rings is 2. The van der Waals surface area contributed by atoms with Gasteiger partial charge in [-0.2, -0.15) is 0 Å². The van der Waals surface area contributed by atoms with Crippen molar-refractivity contribution in [1.82, 2.24) is 0 Å². The Morgan fingerprint density at radius 1 is 0.941 bits per heavy atom. The second kappa shape index (κ2) is 5.62. The van der Waals surface area contributed by atoms with Crippen molar-refractivity contribution in [2.75, 3.05) is 11.9 Å². The van der Waals surface area contributed by atoms with Crippen LogP contribution in [-0.4, -0.2) is 6.54 Å². The van der Waals surface area contributed by atoms with Crippen molar-refractivity contribution in [2.24, 2.45) is 0 Å². The minimum atomic E-state index is 0.527. The van der Waals surface area contributed by atoms with Crippen LogP contribution in [0.2, 0.25) is 0 Å². The first-order valence-corrected chi connectivity index (χ1v) is 5.39. The molecule has 0 unspecified atom stereocenters. The van der Waals surface area contributed by atoms with Crippen molar-refractivity contribution in [1.29, 1.82) is 0 Å². The number of para-hydroxylation sites is 1. The molecule has 0 radical (unpaired) electrons. The number of hydrogen-bond acceptors (Lipinski definition) is 2. The molecule has 0 aliphatic carbocycles. The minimum Gasteiger partial charge on any atom is -0.457 e. The molecule has 1 N–H and O–H groups in total. The molecule has 0 bridgehead atoms. The molecule has 0 aliphatic heterocycles. The van der Waals surface area contributed by atoms with Crippen molar-refractivity contribution in [3.63, 3.8) is 0 Å². The van der Waals surface area contributed by atoms with Gasteiger partial charge in [0.2, 0.25) is 0 Å². The standard InChI is InChI=1S/C15H13NO/c1-2-12-16-13-8-10-15(11-9-13)17-14-6-4-3-5-7-14/h1,3-11,16H,12H2. The molecule has 0 saturated heterocycles. The van der Waals surface area contributed by atoms with E-state index in [4.69, 9.17) is 11.2 Å². The molecule has 2 rings (SSSR count). The van der Waals surface area contributed by atoms with Gasteiger partial charge >= 0.3 is 0 Å². The maximum absolute atomic E-state index is 5.67. The second-order valence-corrected chi connectivity index (χ2v) is 3.50. The lowest BCUT2D eigenvalue weighted by atomic mass is 10.3. The van der Waals surface area contributed by atoms with E-state index in [1.54, 1.807) is 0 Å². The van der Waals surface area contributed by atoms with Crippen LogP contribution in [0.3, 0.4) is 0 Å². The summed E-state index contributed by atoms with van der Waals surface area (Å²) in [5.74, 6) is 4.17. The van der Waals surface area contributed by atoms with Crippen LogP contribution in [0.25, 0.3) is 0 Å². The van der Waals surface area contributed by atoms with Crippen LogP contribution >= 0.6 is 0 Å². The van der Waals surface area contributed by atoms with Gasteiger partial charge in [-0.05, 0) is 36.4 Å². The van der Waals surface area contributed by atoms with Crippen LogP contribution in [0.1, 0.15) is 0 Å². The summed E-state index contributed by atoms with van der Waals surface area (Å²) in [5.41, 5.74) is 0.989. The molecule has 84 valence electrons. The van der Waals surface area contributed by atoms with Crippen LogP contribution in [-0.2, 0) is 0 Å². The van der Waals surface area contributed by atoms with Gasteiger partial charge in [-0.25, -0.2) is 0 Å². The van der Waals surface area contributed by atoms with Gasteiger partial charge in [-0.15, -0.1) is 6.42 Å². The number of hydrogen-bond donors (Lipinski definition) is 1. The van der Waals surface area contributed by atoms with E-state index in [1.807, 2.05) is 54.6 Å². The Labute approximate surface area is 101 Å². The van der Waals surface area contributed by atoms with Gasteiger partial charge in [0.15, 0.2) is 0 Å². The summed E-state index contributed by atoms with van der Waals surface area (Å²) in [4.78, 5) is 0. The molecule has 17 heavy (non-hydrogen) atoms. The van der Waals surface area contributed by atoms with E-state index in [0.717, 1.165) is 17.2 Å². The number of anilines is 1. The summed E-state index contributed by atoms with van der Waals surface area (Å²) in [6.07, 6.45) is 5.17. The van der Waals surface area contributed by atoms with E-state index in [-0.39, 0.29) is 0 Å². The third-order valence-electron chi connectivity index (χ3n) is 2.23. The zero-order valence-electron chi connectivity index (χ0n) is 9.39. The van der Waals surface area contributed by atoms with Gasteiger partial charge in [-0.1, -0.05) is 24.1 Å². The zero-order chi connectivity index (χ0) is 11.9. The molecule has 2 aromatic rings. The van der Waals surface area contributed by atoms with Crippen LogP contribution in [0.4, 0.5) is 5.69 Å². The van der Waals surface area contributed by atoms with Crippen molar-refractivity contribution in [3.8, 4) is 23.8 Å². The molecule has 2 aromatic carbocycles. The molecule has 0 aromatic heterocycles. The molecular weight excluding hydrogens is 210 g/mol. The van der Waals surface area contributed by atoms with Crippen LogP contribution < -0.4 is 10.1 Å². The molecular formula is C15H13NO. The molecule has 0 amide bonds. The van der Waals surface area contributed by atoms with Gasteiger partial charge < -0.3 is 10.1 Å². The van der Waals surface area contributed by atoms with Crippen LogP contribution in [0.5, 0.6) is 11.5 Å². The molecule has 0 fully saturated rings. The second-order valence-electron chi connectivity index (χ2n) is 3.50. The third kappa shape index (κ3) is 3.29. The van der Waals surface area contributed by atoms with E-state index in [2.05, 4.69) is 11.2 Å². The third-order valence-corrected chi connectivity index (χ3v) is 2.23. The maximum atomic E-state index is 5.67. The topological polar surface area (TPSA) is 21.3 Å². The monoisotopic (exact) mass is 223 g/mol. The summed E-state index contributed by atoms with van der Waals surface area (Å²) in [7, 11) is 0. The summed E-state index contributed by atoms with van der Waals surface area (Å²) in [6, 6.07) is 17.4. The van der Waals surface area contributed by atoms with E-state index in [0.29, 0.717) is 6.54 Å². The normalized spacial score (nSPS) is 9.35. The molecule has 0 saturated carbocycles. The quantitative estimate of drug-likeness (QED) is 0.801. The Morgan fingerprint density at radius 2 is 1.59 bits per heavy atom. The van der Waals surface area contributed by atoms with Crippen molar-refractivity contribution in [3.05, 3.63) is 54.6 Å². The van der Waals surface area contributed by atoms with E-state index < -0.39 is 0 Å². The summed E-state index contributed by atoms with van der Waals surface area (Å²) in [6.45, 7) is 0.527. The van der Waals surface area contributed by atoms with Crippen molar-refractivity contribution in [2.45, 2.75) is 0 Å². The first-order valence-electron chi connectivity index (χ1n) is 5.39. The minimum absolute atomic E-state index is 0.527. The first-order chi connectivity index (χ1) is 8.38. The number of terminal acetylenes is 1. The number of nitrogens with one attached hydrogen (secondary N) is 1. The predicted molar refractivity (Wildman–Crippen MR) is 70.3 cm³/mol. The predicted octanol–water partition coefficient (Wildman–Crippen LogP) is 3.52. The highest BCUT2D eigenvalue weighted by atomic mass is 16.5. The van der Waals surface area contributed by atoms with E-state index in [9.17, 15) is 0 Å². The SMILES string of the molecule is C#CCNc1ccc(Oc2ccccc2)cc1. The molecule has 2 nitrogen and oxygen atoms in total. The average molecular weight is 223 g/mol. The first kappa shape index (κ1) is 11.1. The number of ether oxygens (including phenoxy) is 1. The Kier molecular flexibility index (Phi) is 3.67.